The zero-order valence-electron chi connectivity index (χ0n) is 9.74. The molecule has 0 bridgehead atoms. The molecule has 1 fully saturated rings. The fourth-order valence-corrected chi connectivity index (χ4v) is 1.84. The minimum Gasteiger partial charge on any atom is -0.490 e. The highest BCUT2D eigenvalue weighted by Gasteiger charge is 2.32. The van der Waals surface area contributed by atoms with Gasteiger partial charge in [0.1, 0.15) is 23.5 Å². The van der Waals surface area contributed by atoms with Crippen molar-refractivity contribution in [2.24, 2.45) is 0 Å². The van der Waals surface area contributed by atoms with Crippen LogP contribution in [-0.2, 0) is 0 Å². The second-order valence-electron chi connectivity index (χ2n) is 4.37. The highest BCUT2D eigenvalue weighted by Crippen LogP contribution is 2.28. The molecule has 1 saturated carbocycles. The van der Waals surface area contributed by atoms with Gasteiger partial charge >= 0.3 is 6.09 Å². The molecule has 0 spiro atoms. The van der Waals surface area contributed by atoms with Crippen LogP contribution in [0.2, 0.25) is 0 Å². The first-order chi connectivity index (χ1) is 8.45. The minimum atomic E-state index is -1.08. The number of rotatable bonds is 3. The van der Waals surface area contributed by atoms with E-state index in [1.165, 1.54) is 6.92 Å². The van der Waals surface area contributed by atoms with Crippen LogP contribution in [0.15, 0.2) is 12.1 Å². The lowest BCUT2D eigenvalue weighted by atomic mass is 9.89. The molecule has 0 aromatic heterocycles. The van der Waals surface area contributed by atoms with Gasteiger partial charge in [0.15, 0.2) is 0 Å². The molecule has 2 N–H and O–H groups in total. The molecule has 0 aliphatic heterocycles. The molecule has 1 amide bonds. The first-order valence-corrected chi connectivity index (χ1v) is 5.57. The number of halogens is 2. The third kappa shape index (κ3) is 2.69. The number of nitrogens with one attached hydrogen (secondary N) is 1. The summed E-state index contributed by atoms with van der Waals surface area (Å²) in [6.07, 6.45) is -0.276. The van der Waals surface area contributed by atoms with E-state index in [-0.39, 0.29) is 23.5 Å². The van der Waals surface area contributed by atoms with Gasteiger partial charge in [-0.15, -0.1) is 0 Å². The second kappa shape index (κ2) is 4.80. The predicted octanol–water partition coefficient (Wildman–Crippen LogP) is 2.45. The van der Waals surface area contributed by atoms with Crippen molar-refractivity contribution in [2.75, 3.05) is 0 Å². The Kier molecular flexibility index (Phi) is 3.36. The van der Waals surface area contributed by atoms with Gasteiger partial charge in [0.05, 0.1) is 0 Å². The Morgan fingerprint density at radius 3 is 2.44 bits per heavy atom. The Morgan fingerprint density at radius 1 is 1.39 bits per heavy atom. The van der Waals surface area contributed by atoms with Gasteiger partial charge in [-0.25, -0.2) is 13.6 Å². The maximum absolute atomic E-state index is 13.3. The van der Waals surface area contributed by atoms with Crippen molar-refractivity contribution in [1.29, 1.82) is 0 Å². The van der Waals surface area contributed by atoms with Crippen molar-refractivity contribution in [3.63, 3.8) is 0 Å². The van der Waals surface area contributed by atoms with Gasteiger partial charge in [0.25, 0.3) is 0 Å². The van der Waals surface area contributed by atoms with Crippen molar-refractivity contribution in [3.8, 4) is 5.75 Å². The third-order valence-electron chi connectivity index (χ3n) is 2.98. The summed E-state index contributed by atoms with van der Waals surface area (Å²) >= 11 is 0. The van der Waals surface area contributed by atoms with Gasteiger partial charge in [-0.05, 0) is 6.92 Å². The van der Waals surface area contributed by atoms with Gasteiger partial charge in [-0.2, -0.15) is 0 Å². The molecule has 0 atom stereocenters. The zero-order valence-corrected chi connectivity index (χ0v) is 9.74. The summed E-state index contributed by atoms with van der Waals surface area (Å²) in [6, 6.07) is 2.12. The van der Waals surface area contributed by atoms with Crippen LogP contribution in [0.3, 0.4) is 0 Å². The third-order valence-corrected chi connectivity index (χ3v) is 2.98. The molecule has 2 rings (SSSR count). The number of ether oxygens (including phenoxy) is 1. The van der Waals surface area contributed by atoms with Crippen LogP contribution in [0.25, 0.3) is 0 Å². The molecule has 1 aliphatic rings. The molecule has 1 aromatic rings. The number of benzene rings is 1. The van der Waals surface area contributed by atoms with E-state index in [9.17, 15) is 13.6 Å². The van der Waals surface area contributed by atoms with E-state index in [4.69, 9.17) is 9.84 Å². The largest absolute Gasteiger partial charge is 0.490 e. The van der Waals surface area contributed by atoms with Gasteiger partial charge in [-0.1, -0.05) is 0 Å². The van der Waals surface area contributed by atoms with E-state index in [1.54, 1.807) is 0 Å². The normalized spacial score (nSPS) is 22.2. The average Bonchev–Trinajstić information content (AvgIpc) is 2.22. The SMILES string of the molecule is Cc1c(F)cc(OC2CC(NC(=O)O)C2)cc1F. The van der Waals surface area contributed by atoms with Crippen LogP contribution < -0.4 is 10.1 Å². The van der Waals surface area contributed by atoms with Crippen LogP contribution in [0.1, 0.15) is 18.4 Å². The molecular formula is C12H13F2NO3. The van der Waals surface area contributed by atoms with E-state index in [0.717, 1.165) is 12.1 Å². The highest BCUT2D eigenvalue weighted by molar-refractivity contribution is 5.65. The maximum Gasteiger partial charge on any atom is 0.404 e. The molecular weight excluding hydrogens is 244 g/mol. The van der Waals surface area contributed by atoms with Crippen LogP contribution >= 0.6 is 0 Å². The number of hydrogen-bond donors (Lipinski definition) is 2. The highest BCUT2D eigenvalue weighted by atomic mass is 19.1. The Bertz CT molecular complexity index is 449. The Hall–Kier alpha value is -1.85. The molecule has 1 aliphatic carbocycles. The van der Waals surface area contributed by atoms with Crippen molar-refractivity contribution >= 4 is 6.09 Å². The van der Waals surface area contributed by atoms with Crippen molar-refractivity contribution in [3.05, 3.63) is 29.3 Å². The molecule has 0 saturated heterocycles. The predicted molar refractivity (Wildman–Crippen MR) is 59.7 cm³/mol. The monoisotopic (exact) mass is 257 g/mol. The van der Waals surface area contributed by atoms with Crippen LogP contribution in [0.5, 0.6) is 5.75 Å². The van der Waals surface area contributed by atoms with Crippen LogP contribution in [0, 0.1) is 18.6 Å². The van der Waals surface area contributed by atoms with E-state index in [2.05, 4.69) is 5.32 Å². The van der Waals surface area contributed by atoms with Gasteiger partial charge in [0, 0.05) is 36.6 Å². The molecule has 0 radical (unpaired) electrons. The van der Waals surface area contributed by atoms with Crippen LogP contribution in [0.4, 0.5) is 13.6 Å². The second-order valence-corrected chi connectivity index (χ2v) is 4.37. The van der Waals surface area contributed by atoms with Crippen molar-refractivity contribution in [1.82, 2.24) is 5.32 Å². The topological polar surface area (TPSA) is 58.6 Å². The Balaban J connectivity index is 1.91. The first-order valence-electron chi connectivity index (χ1n) is 5.57. The lowest BCUT2D eigenvalue weighted by molar-refractivity contribution is 0.0828. The number of carbonyl (C=O) groups is 1. The van der Waals surface area contributed by atoms with E-state index < -0.39 is 17.7 Å². The number of amides is 1. The summed E-state index contributed by atoms with van der Waals surface area (Å²) in [5, 5.41) is 10.8. The van der Waals surface area contributed by atoms with E-state index in [1.807, 2.05) is 0 Å². The van der Waals surface area contributed by atoms with Crippen molar-refractivity contribution < 1.29 is 23.4 Å². The summed E-state index contributed by atoms with van der Waals surface area (Å²) in [5.74, 6) is -1.16. The summed E-state index contributed by atoms with van der Waals surface area (Å²) in [6.45, 7) is 1.35. The van der Waals surface area contributed by atoms with Crippen LogP contribution in [-0.4, -0.2) is 23.3 Å². The maximum atomic E-state index is 13.3. The average molecular weight is 257 g/mol. The van der Waals surface area contributed by atoms with Gasteiger partial charge < -0.3 is 15.2 Å². The minimum absolute atomic E-state index is 0.0404. The lowest BCUT2D eigenvalue weighted by Crippen LogP contribution is -2.48. The number of hydrogen-bond acceptors (Lipinski definition) is 2. The molecule has 4 nitrogen and oxygen atoms in total. The zero-order chi connectivity index (χ0) is 13.3. The quantitative estimate of drug-likeness (QED) is 0.874. The molecule has 0 heterocycles. The summed E-state index contributed by atoms with van der Waals surface area (Å²) in [7, 11) is 0. The number of carboxylic acid groups (broad SMARTS) is 1. The summed E-state index contributed by atoms with van der Waals surface area (Å²) in [5.41, 5.74) is -0.0404. The molecule has 6 heteroatoms. The Labute approximate surface area is 103 Å². The van der Waals surface area contributed by atoms with E-state index >= 15 is 0 Å². The molecule has 98 valence electrons. The standard InChI is InChI=1S/C12H13F2NO3/c1-6-10(13)4-9(5-11(6)14)18-8-2-7(3-8)15-12(16)17/h4-5,7-8,15H,2-3H2,1H3,(H,16,17). The molecule has 18 heavy (non-hydrogen) atoms. The lowest BCUT2D eigenvalue weighted by Gasteiger charge is -2.35. The fraction of sp³-hybridized carbons (Fsp3) is 0.417. The van der Waals surface area contributed by atoms with Gasteiger partial charge in [-0.3, -0.25) is 0 Å². The summed E-state index contributed by atoms with van der Waals surface area (Å²) < 4.78 is 31.9. The molecule has 0 unspecified atom stereocenters. The fourth-order valence-electron chi connectivity index (χ4n) is 1.84. The summed E-state index contributed by atoms with van der Waals surface area (Å²) in [4.78, 5) is 10.3. The van der Waals surface area contributed by atoms with Gasteiger partial charge in [0.2, 0.25) is 0 Å². The molecule has 1 aromatic carbocycles. The Morgan fingerprint density at radius 2 is 1.94 bits per heavy atom. The smallest absolute Gasteiger partial charge is 0.404 e. The van der Waals surface area contributed by atoms with E-state index in [0.29, 0.717) is 12.8 Å². The van der Waals surface area contributed by atoms with Crippen molar-refractivity contribution in [2.45, 2.75) is 31.9 Å². The first kappa shape index (κ1) is 12.6.